The van der Waals surface area contributed by atoms with Crippen molar-refractivity contribution in [2.45, 2.75) is 27.7 Å². The summed E-state index contributed by atoms with van der Waals surface area (Å²) in [7, 11) is 2.07. The smallest absolute Gasteiger partial charge is 0.241 e. The van der Waals surface area contributed by atoms with E-state index in [1.54, 1.807) is 0 Å². The van der Waals surface area contributed by atoms with Gasteiger partial charge in [0, 0.05) is 6.92 Å². The monoisotopic (exact) mass is 191 g/mol. The first-order valence-corrected chi connectivity index (χ1v) is 5.13. The van der Waals surface area contributed by atoms with E-state index >= 15 is 0 Å². The van der Waals surface area contributed by atoms with Crippen LogP contribution in [-0.2, 0) is 7.05 Å². The lowest BCUT2D eigenvalue weighted by Gasteiger charge is -1.89. The van der Waals surface area contributed by atoms with E-state index < -0.39 is 0 Å². The van der Waals surface area contributed by atoms with Crippen molar-refractivity contribution in [2.24, 2.45) is 7.05 Å². The van der Waals surface area contributed by atoms with Gasteiger partial charge >= 0.3 is 0 Å². The molecule has 0 amide bonds. The molecule has 0 fully saturated rings. The van der Waals surface area contributed by atoms with Crippen LogP contribution in [0.15, 0.2) is 18.2 Å². The Kier molecular flexibility index (Phi) is 3.28. The quantitative estimate of drug-likeness (QED) is 0.618. The van der Waals surface area contributed by atoms with Gasteiger partial charge in [0.2, 0.25) is 0 Å². The van der Waals surface area contributed by atoms with Crippen LogP contribution in [0, 0.1) is 13.8 Å². The van der Waals surface area contributed by atoms with E-state index in [0.717, 1.165) is 0 Å². The Bertz CT molecular complexity index is 427. The Labute approximate surface area is 85.6 Å². The summed E-state index contributed by atoms with van der Waals surface area (Å²) in [4.78, 5) is 3.33. The van der Waals surface area contributed by atoms with Crippen LogP contribution in [0.1, 0.15) is 25.2 Å². The fourth-order valence-electron chi connectivity index (χ4n) is 1.50. The molecular formula is C12H19N2+. The van der Waals surface area contributed by atoms with Crippen molar-refractivity contribution in [3.63, 3.8) is 0 Å². The van der Waals surface area contributed by atoms with Crippen LogP contribution < -0.4 is 4.57 Å². The number of rotatable bonds is 0. The summed E-state index contributed by atoms with van der Waals surface area (Å²) in [6.45, 7) is 8.19. The van der Waals surface area contributed by atoms with Crippen molar-refractivity contribution < 1.29 is 4.57 Å². The highest BCUT2D eigenvalue weighted by Gasteiger charge is 2.09. The lowest BCUT2D eigenvalue weighted by molar-refractivity contribution is -0.651. The van der Waals surface area contributed by atoms with Crippen molar-refractivity contribution in [2.75, 3.05) is 0 Å². The van der Waals surface area contributed by atoms with Gasteiger partial charge in [-0.3, -0.25) is 0 Å². The molecule has 2 nitrogen and oxygen atoms in total. The number of H-pyrrole nitrogens is 1. The summed E-state index contributed by atoms with van der Waals surface area (Å²) in [6.07, 6.45) is 0. The molecule has 0 aliphatic rings. The lowest BCUT2D eigenvalue weighted by atomic mass is 10.2. The zero-order chi connectivity index (χ0) is 10.7. The fourth-order valence-corrected chi connectivity index (χ4v) is 1.50. The van der Waals surface area contributed by atoms with Crippen LogP contribution in [0.5, 0.6) is 0 Å². The van der Waals surface area contributed by atoms with Gasteiger partial charge in [0.05, 0.1) is 7.05 Å². The highest BCUT2D eigenvalue weighted by Crippen LogP contribution is 2.10. The van der Waals surface area contributed by atoms with Crippen molar-refractivity contribution in [1.29, 1.82) is 0 Å². The highest BCUT2D eigenvalue weighted by molar-refractivity contribution is 5.72. The maximum absolute atomic E-state index is 3.33. The number of aryl methyl sites for hydroxylation is 3. The molecule has 1 aromatic heterocycles. The van der Waals surface area contributed by atoms with Crippen LogP contribution in [0.3, 0.4) is 0 Å². The lowest BCUT2D eigenvalue weighted by Crippen LogP contribution is -2.29. The molecule has 0 bridgehead atoms. The van der Waals surface area contributed by atoms with E-state index in [1.807, 2.05) is 13.8 Å². The van der Waals surface area contributed by atoms with Gasteiger partial charge in [0.25, 0.3) is 5.82 Å². The second-order valence-corrected chi connectivity index (χ2v) is 3.29. The van der Waals surface area contributed by atoms with E-state index in [9.17, 15) is 0 Å². The molecular weight excluding hydrogens is 172 g/mol. The maximum atomic E-state index is 3.33. The van der Waals surface area contributed by atoms with Crippen LogP contribution >= 0.6 is 0 Å². The van der Waals surface area contributed by atoms with E-state index in [2.05, 4.69) is 48.6 Å². The zero-order valence-corrected chi connectivity index (χ0v) is 9.68. The predicted octanol–water partition coefficient (Wildman–Crippen LogP) is 2.64. The third-order valence-electron chi connectivity index (χ3n) is 2.33. The molecule has 0 atom stereocenters. The van der Waals surface area contributed by atoms with Crippen LogP contribution in [0.2, 0.25) is 0 Å². The minimum absolute atomic E-state index is 1.19. The molecule has 2 heteroatoms. The molecule has 1 N–H and O–H groups in total. The Morgan fingerprint density at radius 3 is 2.43 bits per heavy atom. The second-order valence-electron chi connectivity index (χ2n) is 3.29. The molecule has 14 heavy (non-hydrogen) atoms. The first-order chi connectivity index (χ1) is 6.68. The average molecular weight is 191 g/mol. The van der Waals surface area contributed by atoms with Crippen molar-refractivity contribution >= 4 is 11.0 Å². The van der Waals surface area contributed by atoms with E-state index in [0.29, 0.717) is 0 Å². The van der Waals surface area contributed by atoms with E-state index in [-0.39, 0.29) is 0 Å². The minimum atomic E-state index is 1.19. The molecule has 0 unspecified atom stereocenters. The van der Waals surface area contributed by atoms with Gasteiger partial charge in [-0.25, -0.2) is 9.55 Å². The number of nitrogens with one attached hydrogen (secondary N) is 1. The highest BCUT2D eigenvalue weighted by atomic mass is 15.0. The van der Waals surface area contributed by atoms with Crippen LogP contribution in [0.4, 0.5) is 0 Å². The third kappa shape index (κ3) is 1.79. The SMILES string of the molecule is CC.Cc1ccc2c(c1)[nH]c(C)[n+]2C. The van der Waals surface area contributed by atoms with E-state index in [4.69, 9.17) is 0 Å². The molecule has 2 aromatic rings. The first-order valence-electron chi connectivity index (χ1n) is 5.13. The third-order valence-corrected chi connectivity index (χ3v) is 2.33. The number of hydrogen-bond donors (Lipinski definition) is 1. The topological polar surface area (TPSA) is 19.7 Å². The van der Waals surface area contributed by atoms with Gasteiger partial charge in [-0.05, 0) is 24.6 Å². The van der Waals surface area contributed by atoms with Crippen molar-refractivity contribution in [1.82, 2.24) is 4.98 Å². The summed E-state index contributed by atoms with van der Waals surface area (Å²) in [5.41, 5.74) is 3.78. The Morgan fingerprint density at radius 2 is 1.79 bits per heavy atom. The number of fused-ring (bicyclic) bond motifs is 1. The second kappa shape index (κ2) is 4.27. The normalized spacial score (nSPS) is 9.79. The molecule has 0 radical (unpaired) electrons. The molecule has 0 aliphatic carbocycles. The maximum Gasteiger partial charge on any atom is 0.251 e. The molecule has 0 saturated carbocycles. The standard InChI is InChI=1S/C10H12N2.C2H6/c1-7-4-5-10-9(6-7)11-8(2)12(10)3;1-2/h4-6H,1-3H3;1-2H3/p+1. The summed E-state index contributed by atoms with van der Waals surface area (Å²) in [5, 5.41) is 0. The molecule has 0 saturated heterocycles. The zero-order valence-electron chi connectivity index (χ0n) is 9.68. The van der Waals surface area contributed by atoms with Gasteiger partial charge in [-0.15, -0.1) is 0 Å². The number of imidazole rings is 1. The Balaban J connectivity index is 0.000000461. The van der Waals surface area contributed by atoms with Crippen LogP contribution in [-0.4, -0.2) is 4.98 Å². The first kappa shape index (κ1) is 10.8. The average Bonchev–Trinajstić information content (AvgIpc) is 2.45. The van der Waals surface area contributed by atoms with Gasteiger partial charge in [0.1, 0.15) is 0 Å². The number of aromatic amines is 1. The predicted molar refractivity (Wildman–Crippen MR) is 60.3 cm³/mol. The molecule has 1 aromatic carbocycles. The molecule has 0 aliphatic heterocycles. The fraction of sp³-hybridized carbons (Fsp3) is 0.417. The summed E-state index contributed by atoms with van der Waals surface area (Å²) in [5.74, 6) is 1.19. The number of aromatic nitrogens is 2. The molecule has 0 spiro atoms. The Hall–Kier alpha value is -1.31. The van der Waals surface area contributed by atoms with Gasteiger partial charge < -0.3 is 0 Å². The summed E-state index contributed by atoms with van der Waals surface area (Å²) >= 11 is 0. The van der Waals surface area contributed by atoms with Gasteiger partial charge in [0.15, 0.2) is 11.0 Å². The van der Waals surface area contributed by atoms with Gasteiger partial charge in [-0.1, -0.05) is 19.9 Å². The largest absolute Gasteiger partial charge is 0.251 e. The summed E-state index contributed by atoms with van der Waals surface area (Å²) < 4.78 is 2.16. The van der Waals surface area contributed by atoms with Crippen LogP contribution in [0.25, 0.3) is 11.0 Å². The number of hydrogen-bond acceptors (Lipinski definition) is 0. The minimum Gasteiger partial charge on any atom is -0.241 e. The summed E-state index contributed by atoms with van der Waals surface area (Å²) in [6, 6.07) is 6.45. The molecule has 2 rings (SSSR count). The van der Waals surface area contributed by atoms with Crippen molar-refractivity contribution in [3.05, 3.63) is 29.6 Å². The Morgan fingerprint density at radius 1 is 1.14 bits per heavy atom. The van der Waals surface area contributed by atoms with E-state index in [1.165, 1.54) is 22.4 Å². The number of nitrogens with zero attached hydrogens (tertiary/aromatic N) is 1. The number of benzene rings is 1. The van der Waals surface area contributed by atoms with Crippen molar-refractivity contribution in [3.8, 4) is 0 Å². The molecule has 1 heterocycles. The van der Waals surface area contributed by atoms with Gasteiger partial charge in [-0.2, -0.15) is 0 Å². The molecule has 76 valence electrons.